The van der Waals surface area contributed by atoms with E-state index in [0.717, 1.165) is 93.6 Å². The van der Waals surface area contributed by atoms with Crippen LogP contribution in [0.2, 0.25) is 0 Å². The molecule has 3 heterocycles. The van der Waals surface area contributed by atoms with Gasteiger partial charge < -0.3 is 8.83 Å². The molecule has 0 radical (unpaired) electrons. The molecule has 0 saturated heterocycles. The minimum absolute atomic E-state index is 0.581. The van der Waals surface area contributed by atoms with E-state index in [1.54, 1.807) is 0 Å². The Morgan fingerprint density at radius 3 is 1.63 bits per heavy atom. The molecule has 0 amide bonds. The van der Waals surface area contributed by atoms with Gasteiger partial charge in [0.05, 0.1) is 0 Å². The lowest BCUT2D eigenvalue weighted by molar-refractivity contribution is 0.669. The lowest BCUT2D eigenvalue weighted by Gasteiger charge is -2.11. The second kappa shape index (κ2) is 12.1. The third-order valence-electron chi connectivity index (χ3n) is 10.4. The van der Waals surface area contributed by atoms with Gasteiger partial charge in [0.25, 0.3) is 0 Å². The molecule has 252 valence electrons. The van der Waals surface area contributed by atoms with E-state index in [2.05, 4.69) is 109 Å². The minimum atomic E-state index is 0.581. The molecular formula is C49H29N3O2. The highest BCUT2D eigenvalue weighted by atomic mass is 16.3. The van der Waals surface area contributed by atoms with Crippen LogP contribution in [0.1, 0.15) is 0 Å². The van der Waals surface area contributed by atoms with Gasteiger partial charge >= 0.3 is 0 Å². The van der Waals surface area contributed by atoms with E-state index in [4.69, 9.17) is 23.8 Å². The predicted molar refractivity (Wildman–Crippen MR) is 219 cm³/mol. The molecule has 0 saturated carbocycles. The SMILES string of the molecule is c1ccc(-c2ccc(-c3nc(-c4ccccc4)nc(-c4cccc5oc6c7ccccc7c(-c7ccc8c(c7)oc7ccccc78)cc6c45)n3)cc2)cc1. The van der Waals surface area contributed by atoms with Gasteiger partial charge in [0.2, 0.25) is 0 Å². The second-order valence-electron chi connectivity index (χ2n) is 13.6. The Morgan fingerprint density at radius 1 is 0.296 bits per heavy atom. The second-order valence-corrected chi connectivity index (χ2v) is 13.6. The summed E-state index contributed by atoms with van der Waals surface area (Å²) >= 11 is 0. The minimum Gasteiger partial charge on any atom is -0.456 e. The molecule has 8 aromatic carbocycles. The molecule has 3 aromatic heterocycles. The molecule has 54 heavy (non-hydrogen) atoms. The first kappa shape index (κ1) is 30.3. The summed E-state index contributed by atoms with van der Waals surface area (Å²) in [5, 5.41) is 6.31. The smallest absolute Gasteiger partial charge is 0.164 e. The van der Waals surface area contributed by atoms with E-state index in [0.29, 0.717) is 17.5 Å². The average molecular weight is 692 g/mol. The van der Waals surface area contributed by atoms with Crippen molar-refractivity contribution < 1.29 is 8.83 Å². The highest BCUT2D eigenvalue weighted by molar-refractivity contribution is 6.22. The molecule has 11 aromatic rings. The molecule has 0 bridgehead atoms. The van der Waals surface area contributed by atoms with Gasteiger partial charge in [-0.3, -0.25) is 0 Å². The Kier molecular flexibility index (Phi) is 6.79. The van der Waals surface area contributed by atoms with Crippen LogP contribution in [0.15, 0.2) is 185 Å². The number of rotatable bonds is 5. The van der Waals surface area contributed by atoms with Gasteiger partial charge in [0.1, 0.15) is 22.3 Å². The van der Waals surface area contributed by atoms with Crippen LogP contribution in [0.4, 0.5) is 0 Å². The quantitative estimate of drug-likeness (QED) is 0.180. The number of furan rings is 2. The Balaban J connectivity index is 1.13. The molecule has 0 atom stereocenters. The summed E-state index contributed by atoms with van der Waals surface area (Å²) in [5.74, 6) is 1.80. The lowest BCUT2D eigenvalue weighted by Crippen LogP contribution is -2.00. The Morgan fingerprint density at radius 2 is 0.852 bits per heavy atom. The fourth-order valence-electron chi connectivity index (χ4n) is 7.75. The summed E-state index contributed by atoms with van der Waals surface area (Å²) in [7, 11) is 0. The van der Waals surface area contributed by atoms with Crippen LogP contribution in [0.5, 0.6) is 0 Å². The van der Waals surface area contributed by atoms with Crippen LogP contribution < -0.4 is 0 Å². The summed E-state index contributed by atoms with van der Waals surface area (Å²) in [6.45, 7) is 0. The van der Waals surface area contributed by atoms with E-state index in [1.807, 2.05) is 66.7 Å². The molecule has 0 aliphatic carbocycles. The van der Waals surface area contributed by atoms with E-state index in [-0.39, 0.29) is 0 Å². The molecule has 11 rings (SSSR count). The van der Waals surface area contributed by atoms with Crippen molar-refractivity contribution >= 4 is 54.6 Å². The fraction of sp³-hybridized carbons (Fsp3) is 0. The molecule has 0 fully saturated rings. The van der Waals surface area contributed by atoms with Crippen molar-refractivity contribution in [1.29, 1.82) is 0 Å². The molecule has 0 N–H and O–H groups in total. The topological polar surface area (TPSA) is 65.0 Å². The summed E-state index contributed by atoms with van der Waals surface area (Å²) in [6, 6.07) is 60.4. The van der Waals surface area contributed by atoms with Crippen molar-refractivity contribution in [2.45, 2.75) is 0 Å². The van der Waals surface area contributed by atoms with Crippen molar-refractivity contribution in [3.05, 3.63) is 176 Å². The van der Waals surface area contributed by atoms with E-state index < -0.39 is 0 Å². The van der Waals surface area contributed by atoms with Crippen LogP contribution in [0, 0.1) is 0 Å². The maximum absolute atomic E-state index is 6.72. The zero-order valence-corrected chi connectivity index (χ0v) is 28.9. The molecular weight excluding hydrogens is 663 g/mol. The van der Waals surface area contributed by atoms with Crippen LogP contribution in [0.3, 0.4) is 0 Å². The molecule has 5 nitrogen and oxygen atoms in total. The number of nitrogens with zero attached hydrogens (tertiary/aromatic N) is 3. The maximum atomic E-state index is 6.72. The van der Waals surface area contributed by atoms with Crippen molar-refractivity contribution in [3.8, 4) is 56.4 Å². The van der Waals surface area contributed by atoms with E-state index in [1.165, 1.54) is 0 Å². The van der Waals surface area contributed by atoms with Gasteiger partial charge in [-0.25, -0.2) is 15.0 Å². The first-order valence-electron chi connectivity index (χ1n) is 18.0. The van der Waals surface area contributed by atoms with Crippen LogP contribution in [0.25, 0.3) is 111 Å². The van der Waals surface area contributed by atoms with Gasteiger partial charge in [0.15, 0.2) is 17.5 Å². The van der Waals surface area contributed by atoms with E-state index >= 15 is 0 Å². The van der Waals surface area contributed by atoms with Gasteiger partial charge in [0, 0.05) is 43.6 Å². The number of hydrogen-bond donors (Lipinski definition) is 0. The third-order valence-corrected chi connectivity index (χ3v) is 10.4. The van der Waals surface area contributed by atoms with Crippen LogP contribution in [-0.2, 0) is 0 Å². The summed E-state index contributed by atoms with van der Waals surface area (Å²) < 4.78 is 13.1. The lowest BCUT2D eigenvalue weighted by atomic mass is 9.94. The molecule has 0 unspecified atom stereocenters. The maximum Gasteiger partial charge on any atom is 0.164 e. The van der Waals surface area contributed by atoms with Crippen molar-refractivity contribution in [3.63, 3.8) is 0 Å². The van der Waals surface area contributed by atoms with Crippen molar-refractivity contribution in [1.82, 2.24) is 15.0 Å². The van der Waals surface area contributed by atoms with Gasteiger partial charge in [-0.1, -0.05) is 146 Å². The summed E-state index contributed by atoms with van der Waals surface area (Å²) in [6.07, 6.45) is 0. The zero-order valence-electron chi connectivity index (χ0n) is 28.9. The third kappa shape index (κ3) is 4.90. The van der Waals surface area contributed by atoms with Crippen molar-refractivity contribution in [2.24, 2.45) is 0 Å². The summed E-state index contributed by atoms with van der Waals surface area (Å²) in [5.41, 5.74) is 10.5. The van der Waals surface area contributed by atoms with E-state index in [9.17, 15) is 0 Å². The largest absolute Gasteiger partial charge is 0.456 e. The van der Waals surface area contributed by atoms with Gasteiger partial charge in [-0.05, 0) is 58.0 Å². The van der Waals surface area contributed by atoms with Gasteiger partial charge in [-0.15, -0.1) is 0 Å². The number of benzene rings is 8. The monoisotopic (exact) mass is 691 g/mol. The molecule has 0 aliphatic heterocycles. The highest BCUT2D eigenvalue weighted by Gasteiger charge is 2.21. The Bertz CT molecular complexity index is 3200. The first-order valence-corrected chi connectivity index (χ1v) is 18.0. The molecule has 0 spiro atoms. The zero-order chi connectivity index (χ0) is 35.6. The predicted octanol–water partition coefficient (Wildman–Crippen LogP) is 13.2. The molecule has 5 heteroatoms. The van der Waals surface area contributed by atoms with Crippen LogP contribution >= 0.6 is 0 Å². The first-order chi connectivity index (χ1) is 26.7. The normalized spacial score (nSPS) is 11.7. The summed E-state index contributed by atoms with van der Waals surface area (Å²) in [4.78, 5) is 15.3. The highest BCUT2D eigenvalue weighted by Crippen LogP contribution is 2.44. The number of hydrogen-bond acceptors (Lipinski definition) is 5. The Labute approximate surface area is 309 Å². The Hall–Kier alpha value is -7.37. The standard InChI is InChI=1S/C49H29N3O2/c1-3-12-30(13-4-1)31-22-24-33(25-23-31)48-50-47(32-14-5-2-6-15-32)51-49(52-48)39-19-11-21-43-45(39)41-29-40(35-16-7-8-18-38(35)46(41)54-43)34-26-27-37-36-17-9-10-20-42(36)53-44(37)28-34/h1-29H. The average Bonchev–Trinajstić information content (AvgIpc) is 3.82. The number of aromatic nitrogens is 3. The molecule has 0 aliphatic rings. The van der Waals surface area contributed by atoms with Crippen LogP contribution in [-0.4, -0.2) is 15.0 Å². The van der Waals surface area contributed by atoms with Crippen molar-refractivity contribution in [2.75, 3.05) is 0 Å². The van der Waals surface area contributed by atoms with Gasteiger partial charge in [-0.2, -0.15) is 0 Å². The fourth-order valence-corrected chi connectivity index (χ4v) is 7.75. The number of fused-ring (bicyclic) bond motifs is 8. The number of para-hydroxylation sites is 1.